The molecule has 20 heavy (non-hydrogen) atoms. The average Bonchev–Trinajstić information content (AvgIpc) is 2.94. The predicted octanol–water partition coefficient (Wildman–Crippen LogP) is 1.68. The maximum absolute atomic E-state index is 12.6. The number of amides is 1. The molecule has 1 saturated heterocycles. The van der Waals surface area contributed by atoms with Crippen LogP contribution in [-0.4, -0.2) is 37.0 Å². The van der Waals surface area contributed by atoms with Gasteiger partial charge in [0.05, 0.1) is 6.61 Å². The van der Waals surface area contributed by atoms with E-state index in [1.807, 2.05) is 23.1 Å². The number of hydrogen-bond acceptors (Lipinski definition) is 3. The first-order valence-electron chi connectivity index (χ1n) is 7.44. The van der Waals surface area contributed by atoms with E-state index < -0.39 is 0 Å². The fraction of sp³-hybridized carbons (Fsp3) is 0.562. The van der Waals surface area contributed by atoms with Crippen LogP contribution >= 0.6 is 0 Å². The van der Waals surface area contributed by atoms with Crippen molar-refractivity contribution >= 4 is 5.91 Å². The zero-order valence-corrected chi connectivity index (χ0v) is 12.0. The summed E-state index contributed by atoms with van der Waals surface area (Å²) in [5, 5.41) is 0. The van der Waals surface area contributed by atoms with Gasteiger partial charge in [-0.3, -0.25) is 4.79 Å². The van der Waals surface area contributed by atoms with Crippen molar-refractivity contribution in [2.75, 3.05) is 26.2 Å². The van der Waals surface area contributed by atoms with Gasteiger partial charge in [-0.1, -0.05) is 6.92 Å². The van der Waals surface area contributed by atoms with Crippen LogP contribution < -0.4 is 10.5 Å². The second-order valence-electron chi connectivity index (χ2n) is 5.93. The number of rotatable bonds is 2. The number of likely N-dealkylation sites (tertiary alicyclic amines) is 1. The van der Waals surface area contributed by atoms with E-state index in [1.54, 1.807) is 0 Å². The highest BCUT2D eigenvalue weighted by atomic mass is 16.5. The molecule has 1 aromatic rings. The fourth-order valence-electron chi connectivity index (χ4n) is 3.14. The third-order valence-corrected chi connectivity index (χ3v) is 4.64. The van der Waals surface area contributed by atoms with Gasteiger partial charge in [-0.05, 0) is 48.6 Å². The molecule has 4 nitrogen and oxygen atoms in total. The van der Waals surface area contributed by atoms with Gasteiger partial charge in [-0.15, -0.1) is 0 Å². The van der Waals surface area contributed by atoms with Crippen LogP contribution in [0.15, 0.2) is 18.2 Å². The number of nitrogens with two attached hydrogens (primary N) is 1. The first-order valence-corrected chi connectivity index (χ1v) is 7.44. The monoisotopic (exact) mass is 274 g/mol. The molecule has 0 spiro atoms. The largest absolute Gasteiger partial charge is 0.493 e. The minimum Gasteiger partial charge on any atom is -0.493 e. The maximum atomic E-state index is 12.6. The van der Waals surface area contributed by atoms with Crippen LogP contribution in [0.5, 0.6) is 5.75 Å². The van der Waals surface area contributed by atoms with Gasteiger partial charge in [0, 0.05) is 25.1 Å². The maximum Gasteiger partial charge on any atom is 0.253 e. The molecular weight excluding hydrogens is 252 g/mol. The van der Waals surface area contributed by atoms with Crippen LogP contribution in [0.1, 0.15) is 29.3 Å². The molecule has 2 aliphatic heterocycles. The Bertz CT molecular complexity index is 515. The number of nitrogens with zero attached hydrogens (tertiary/aromatic N) is 1. The van der Waals surface area contributed by atoms with E-state index in [-0.39, 0.29) is 5.91 Å². The van der Waals surface area contributed by atoms with Crippen molar-refractivity contribution in [3.05, 3.63) is 29.3 Å². The van der Waals surface area contributed by atoms with Crippen LogP contribution in [0.4, 0.5) is 0 Å². The summed E-state index contributed by atoms with van der Waals surface area (Å²) in [5.41, 5.74) is 7.74. The summed E-state index contributed by atoms with van der Waals surface area (Å²) in [6, 6.07) is 5.78. The van der Waals surface area contributed by atoms with Gasteiger partial charge in [0.1, 0.15) is 5.75 Å². The fourth-order valence-corrected chi connectivity index (χ4v) is 3.14. The SMILES string of the molecule is CC1CCN(C(=O)c2ccc3c(c2)CCO3)CC1CN. The van der Waals surface area contributed by atoms with Crippen molar-refractivity contribution in [3.63, 3.8) is 0 Å². The van der Waals surface area contributed by atoms with E-state index in [0.717, 1.165) is 49.4 Å². The molecule has 0 saturated carbocycles. The lowest BCUT2D eigenvalue weighted by molar-refractivity contribution is 0.0618. The minimum atomic E-state index is 0.130. The Hall–Kier alpha value is -1.55. The number of benzene rings is 1. The lowest BCUT2D eigenvalue weighted by Gasteiger charge is -2.36. The molecule has 4 heteroatoms. The predicted molar refractivity (Wildman–Crippen MR) is 77.9 cm³/mol. The lowest BCUT2D eigenvalue weighted by atomic mass is 9.87. The second kappa shape index (κ2) is 5.44. The van der Waals surface area contributed by atoms with Crippen molar-refractivity contribution in [2.24, 2.45) is 17.6 Å². The molecule has 2 heterocycles. The normalized spacial score (nSPS) is 25.2. The highest BCUT2D eigenvalue weighted by molar-refractivity contribution is 5.94. The molecule has 2 unspecified atom stereocenters. The summed E-state index contributed by atoms with van der Waals surface area (Å²) in [6.07, 6.45) is 1.95. The zero-order valence-electron chi connectivity index (χ0n) is 12.0. The smallest absolute Gasteiger partial charge is 0.253 e. The lowest BCUT2D eigenvalue weighted by Crippen LogP contribution is -2.45. The minimum absolute atomic E-state index is 0.130. The van der Waals surface area contributed by atoms with Crippen LogP contribution in [0.25, 0.3) is 0 Å². The molecule has 0 radical (unpaired) electrons. The Morgan fingerprint density at radius 1 is 1.50 bits per heavy atom. The first-order chi connectivity index (χ1) is 9.69. The summed E-state index contributed by atoms with van der Waals surface area (Å²) >= 11 is 0. The second-order valence-corrected chi connectivity index (χ2v) is 5.93. The molecular formula is C16H22N2O2. The zero-order chi connectivity index (χ0) is 14.1. The molecule has 1 amide bonds. The van der Waals surface area contributed by atoms with Gasteiger partial charge >= 0.3 is 0 Å². The Labute approximate surface area is 119 Å². The van der Waals surface area contributed by atoms with Crippen LogP contribution in [0, 0.1) is 11.8 Å². The molecule has 1 fully saturated rings. The van der Waals surface area contributed by atoms with Gasteiger partial charge < -0.3 is 15.4 Å². The van der Waals surface area contributed by atoms with Gasteiger partial charge in [-0.2, -0.15) is 0 Å². The quantitative estimate of drug-likeness (QED) is 0.892. The number of piperidine rings is 1. The van der Waals surface area contributed by atoms with E-state index >= 15 is 0 Å². The third kappa shape index (κ3) is 2.40. The molecule has 2 atom stereocenters. The van der Waals surface area contributed by atoms with E-state index in [1.165, 1.54) is 0 Å². The van der Waals surface area contributed by atoms with Gasteiger partial charge in [0.25, 0.3) is 5.91 Å². The number of carbonyl (C=O) groups excluding carboxylic acids is 1. The van der Waals surface area contributed by atoms with Crippen LogP contribution in [0.3, 0.4) is 0 Å². The summed E-state index contributed by atoms with van der Waals surface area (Å²) in [6.45, 7) is 5.23. The molecule has 3 rings (SSSR count). The highest BCUT2D eigenvalue weighted by Crippen LogP contribution is 2.28. The summed E-state index contributed by atoms with van der Waals surface area (Å²) in [5.74, 6) is 2.08. The molecule has 0 bridgehead atoms. The van der Waals surface area contributed by atoms with E-state index in [4.69, 9.17) is 10.5 Å². The average molecular weight is 274 g/mol. The van der Waals surface area contributed by atoms with E-state index in [2.05, 4.69) is 6.92 Å². The van der Waals surface area contributed by atoms with Crippen molar-refractivity contribution in [3.8, 4) is 5.75 Å². The molecule has 2 N–H and O–H groups in total. The van der Waals surface area contributed by atoms with Gasteiger partial charge in [0.15, 0.2) is 0 Å². The van der Waals surface area contributed by atoms with Crippen LogP contribution in [0.2, 0.25) is 0 Å². The molecule has 0 aliphatic carbocycles. The summed E-state index contributed by atoms with van der Waals surface area (Å²) in [7, 11) is 0. The van der Waals surface area contributed by atoms with E-state index in [9.17, 15) is 4.79 Å². The standard InChI is InChI=1S/C16H22N2O2/c1-11-4-6-18(10-14(11)9-17)16(19)13-2-3-15-12(8-13)5-7-20-15/h2-3,8,11,14H,4-7,9-10,17H2,1H3. The van der Waals surface area contributed by atoms with E-state index in [0.29, 0.717) is 18.4 Å². The van der Waals surface area contributed by atoms with Crippen molar-refractivity contribution in [1.29, 1.82) is 0 Å². The topological polar surface area (TPSA) is 55.6 Å². The summed E-state index contributed by atoms with van der Waals surface area (Å²) in [4.78, 5) is 14.6. The Morgan fingerprint density at radius 3 is 3.15 bits per heavy atom. The first kappa shape index (κ1) is 13.4. The third-order valence-electron chi connectivity index (χ3n) is 4.64. The Balaban J connectivity index is 1.75. The number of carbonyl (C=O) groups is 1. The van der Waals surface area contributed by atoms with Gasteiger partial charge in [0.2, 0.25) is 0 Å². The summed E-state index contributed by atoms with van der Waals surface area (Å²) < 4.78 is 5.49. The van der Waals surface area contributed by atoms with Crippen molar-refractivity contribution < 1.29 is 9.53 Å². The van der Waals surface area contributed by atoms with Crippen molar-refractivity contribution in [2.45, 2.75) is 19.8 Å². The number of ether oxygens (including phenoxy) is 1. The molecule has 2 aliphatic rings. The highest BCUT2D eigenvalue weighted by Gasteiger charge is 2.28. The molecule has 1 aromatic carbocycles. The van der Waals surface area contributed by atoms with Gasteiger partial charge in [-0.25, -0.2) is 0 Å². The Morgan fingerprint density at radius 2 is 2.35 bits per heavy atom. The number of fused-ring (bicyclic) bond motifs is 1. The molecule has 0 aromatic heterocycles. The molecule has 108 valence electrons. The van der Waals surface area contributed by atoms with Crippen LogP contribution in [-0.2, 0) is 6.42 Å². The van der Waals surface area contributed by atoms with Crippen molar-refractivity contribution in [1.82, 2.24) is 4.90 Å². The Kier molecular flexibility index (Phi) is 3.66. The number of hydrogen-bond donors (Lipinski definition) is 1.